The number of halogens is 1. The normalized spacial score (nSPS) is 10.6. The second kappa shape index (κ2) is 4.43. The van der Waals surface area contributed by atoms with Gasteiger partial charge in [0.2, 0.25) is 0 Å². The number of anilines is 1. The van der Waals surface area contributed by atoms with E-state index < -0.39 is 0 Å². The lowest BCUT2D eigenvalue weighted by Crippen LogP contribution is -2.04. The van der Waals surface area contributed by atoms with Crippen LogP contribution in [0.2, 0.25) is 0 Å². The Morgan fingerprint density at radius 3 is 3.00 bits per heavy atom. The molecule has 5 heteroatoms. The van der Waals surface area contributed by atoms with Gasteiger partial charge < -0.3 is 10.5 Å². The highest BCUT2D eigenvalue weighted by Crippen LogP contribution is 2.35. The fourth-order valence-corrected chi connectivity index (χ4v) is 2.80. The molecule has 0 saturated heterocycles. The van der Waals surface area contributed by atoms with E-state index in [1.807, 2.05) is 18.2 Å². The van der Waals surface area contributed by atoms with Gasteiger partial charge in [0.05, 0.1) is 12.3 Å². The van der Waals surface area contributed by atoms with Gasteiger partial charge in [-0.1, -0.05) is 15.9 Å². The number of hydrogen-bond donors (Lipinski definition) is 1. The van der Waals surface area contributed by atoms with Crippen molar-refractivity contribution in [3.8, 4) is 0 Å². The van der Waals surface area contributed by atoms with Crippen LogP contribution in [-0.4, -0.2) is 12.6 Å². The average molecular weight is 300 g/mol. The van der Waals surface area contributed by atoms with Crippen molar-refractivity contribution >= 4 is 49.0 Å². The van der Waals surface area contributed by atoms with E-state index in [0.717, 1.165) is 14.6 Å². The standard InChI is InChI=1S/C11H10BrNO2S/c1-2-15-11(14)10-9(13)7-5-6(12)3-4-8(7)16-10/h3-5H,2,13H2,1H3. The number of thiophene rings is 1. The molecule has 1 aromatic heterocycles. The Kier molecular flexibility index (Phi) is 3.16. The summed E-state index contributed by atoms with van der Waals surface area (Å²) in [5.41, 5.74) is 6.43. The molecule has 0 atom stereocenters. The monoisotopic (exact) mass is 299 g/mol. The molecule has 1 aromatic carbocycles. The second-order valence-electron chi connectivity index (χ2n) is 3.21. The first kappa shape index (κ1) is 11.4. The van der Waals surface area contributed by atoms with Crippen LogP contribution < -0.4 is 5.73 Å². The maximum Gasteiger partial charge on any atom is 0.350 e. The van der Waals surface area contributed by atoms with Gasteiger partial charge in [-0.05, 0) is 25.1 Å². The molecule has 1 heterocycles. The van der Waals surface area contributed by atoms with Gasteiger partial charge in [0.1, 0.15) is 4.88 Å². The molecule has 0 amide bonds. The van der Waals surface area contributed by atoms with Crippen LogP contribution in [0.25, 0.3) is 10.1 Å². The van der Waals surface area contributed by atoms with Gasteiger partial charge >= 0.3 is 5.97 Å². The van der Waals surface area contributed by atoms with Crippen LogP contribution in [0.3, 0.4) is 0 Å². The highest BCUT2D eigenvalue weighted by atomic mass is 79.9. The molecule has 84 valence electrons. The van der Waals surface area contributed by atoms with Crippen LogP contribution in [0.15, 0.2) is 22.7 Å². The first-order valence-corrected chi connectivity index (χ1v) is 6.39. The third-order valence-corrected chi connectivity index (χ3v) is 3.81. The first-order chi connectivity index (χ1) is 7.63. The summed E-state index contributed by atoms with van der Waals surface area (Å²) in [4.78, 5) is 12.1. The van der Waals surface area contributed by atoms with E-state index in [9.17, 15) is 4.79 Å². The van der Waals surface area contributed by atoms with Crippen molar-refractivity contribution in [2.24, 2.45) is 0 Å². The molecule has 0 spiro atoms. The Labute approximate surface area is 105 Å². The molecule has 0 fully saturated rings. The Morgan fingerprint density at radius 1 is 1.56 bits per heavy atom. The molecule has 0 saturated carbocycles. The lowest BCUT2D eigenvalue weighted by Gasteiger charge is -1.99. The van der Waals surface area contributed by atoms with Crippen molar-refractivity contribution in [3.05, 3.63) is 27.5 Å². The van der Waals surface area contributed by atoms with E-state index in [0.29, 0.717) is 17.2 Å². The highest BCUT2D eigenvalue weighted by Gasteiger charge is 2.17. The molecule has 0 bridgehead atoms. The molecule has 2 rings (SSSR count). The fourth-order valence-electron chi connectivity index (χ4n) is 1.44. The van der Waals surface area contributed by atoms with Gasteiger partial charge in [-0.25, -0.2) is 4.79 Å². The smallest absolute Gasteiger partial charge is 0.350 e. The fraction of sp³-hybridized carbons (Fsp3) is 0.182. The van der Waals surface area contributed by atoms with Crippen molar-refractivity contribution in [1.82, 2.24) is 0 Å². The lowest BCUT2D eigenvalue weighted by molar-refractivity contribution is 0.0533. The predicted molar refractivity (Wildman–Crippen MR) is 69.9 cm³/mol. The summed E-state index contributed by atoms with van der Waals surface area (Å²) >= 11 is 4.74. The number of nitrogen functional groups attached to an aromatic ring is 1. The van der Waals surface area contributed by atoms with E-state index in [1.165, 1.54) is 11.3 Å². The minimum Gasteiger partial charge on any atom is -0.462 e. The Morgan fingerprint density at radius 2 is 2.31 bits per heavy atom. The maximum absolute atomic E-state index is 11.6. The number of benzene rings is 1. The Balaban J connectivity index is 2.56. The molecule has 0 unspecified atom stereocenters. The maximum atomic E-state index is 11.6. The minimum atomic E-state index is -0.350. The molecule has 3 nitrogen and oxygen atoms in total. The number of rotatable bonds is 2. The van der Waals surface area contributed by atoms with E-state index in [4.69, 9.17) is 10.5 Å². The zero-order valence-electron chi connectivity index (χ0n) is 8.62. The summed E-state index contributed by atoms with van der Waals surface area (Å²) in [6.45, 7) is 2.13. The summed E-state index contributed by atoms with van der Waals surface area (Å²) in [5.74, 6) is -0.350. The Bertz CT molecular complexity index is 550. The minimum absolute atomic E-state index is 0.350. The molecule has 0 aliphatic carbocycles. The summed E-state index contributed by atoms with van der Waals surface area (Å²) in [6, 6.07) is 5.76. The Hall–Kier alpha value is -1.07. The molecule has 0 aliphatic rings. The molecule has 0 radical (unpaired) electrons. The van der Waals surface area contributed by atoms with Crippen molar-refractivity contribution in [2.75, 3.05) is 12.3 Å². The van der Waals surface area contributed by atoms with Gasteiger partial charge in [0.15, 0.2) is 0 Å². The first-order valence-electron chi connectivity index (χ1n) is 4.78. The van der Waals surface area contributed by atoms with Crippen LogP contribution >= 0.6 is 27.3 Å². The summed E-state index contributed by atoms with van der Waals surface area (Å²) in [6.07, 6.45) is 0. The van der Waals surface area contributed by atoms with Gasteiger partial charge in [-0.2, -0.15) is 0 Å². The molecule has 16 heavy (non-hydrogen) atoms. The zero-order valence-corrected chi connectivity index (χ0v) is 11.0. The topological polar surface area (TPSA) is 52.3 Å². The van der Waals surface area contributed by atoms with Crippen LogP contribution in [0, 0.1) is 0 Å². The summed E-state index contributed by atoms with van der Waals surface area (Å²) < 4.78 is 6.88. The van der Waals surface area contributed by atoms with Gasteiger partial charge in [0, 0.05) is 14.6 Å². The molecule has 0 aliphatic heterocycles. The van der Waals surface area contributed by atoms with Crippen LogP contribution in [0.1, 0.15) is 16.6 Å². The molecular weight excluding hydrogens is 290 g/mol. The van der Waals surface area contributed by atoms with Gasteiger partial charge in [-0.3, -0.25) is 0 Å². The van der Waals surface area contributed by atoms with Gasteiger partial charge in [-0.15, -0.1) is 11.3 Å². The van der Waals surface area contributed by atoms with E-state index in [2.05, 4.69) is 15.9 Å². The van der Waals surface area contributed by atoms with Crippen LogP contribution in [0.5, 0.6) is 0 Å². The molecular formula is C11H10BrNO2S. The van der Waals surface area contributed by atoms with Crippen molar-refractivity contribution in [2.45, 2.75) is 6.92 Å². The number of ether oxygens (including phenoxy) is 1. The molecule has 2 N–H and O–H groups in total. The lowest BCUT2D eigenvalue weighted by atomic mass is 10.2. The van der Waals surface area contributed by atoms with Crippen molar-refractivity contribution < 1.29 is 9.53 Å². The summed E-state index contributed by atoms with van der Waals surface area (Å²) in [7, 11) is 0. The van der Waals surface area contributed by atoms with Crippen LogP contribution in [0.4, 0.5) is 5.69 Å². The highest BCUT2D eigenvalue weighted by molar-refractivity contribution is 9.10. The number of hydrogen-bond acceptors (Lipinski definition) is 4. The number of nitrogens with two attached hydrogens (primary N) is 1. The second-order valence-corrected chi connectivity index (χ2v) is 5.17. The van der Waals surface area contributed by atoms with E-state index in [-0.39, 0.29) is 5.97 Å². The average Bonchev–Trinajstić information content (AvgIpc) is 2.57. The third kappa shape index (κ3) is 1.92. The largest absolute Gasteiger partial charge is 0.462 e. The number of carbonyl (C=O) groups is 1. The van der Waals surface area contributed by atoms with E-state index >= 15 is 0 Å². The van der Waals surface area contributed by atoms with Crippen molar-refractivity contribution in [1.29, 1.82) is 0 Å². The third-order valence-electron chi connectivity index (χ3n) is 2.15. The zero-order chi connectivity index (χ0) is 11.7. The summed E-state index contributed by atoms with van der Waals surface area (Å²) in [5, 5.41) is 0.891. The van der Waals surface area contributed by atoms with E-state index in [1.54, 1.807) is 6.92 Å². The quantitative estimate of drug-likeness (QED) is 0.865. The van der Waals surface area contributed by atoms with Gasteiger partial charge in [0.25, 0.3) is 0 Å². The predicted octanol–water partition coefficient (Wildman–Crippen LogP) is 3.42. The van der Waals surface area contributed by atoms with Crippen LogP contribution in [-0.2, 0) is 4.74 Å². The number of fused-ring (bicyclic) bond motifs is 1. The van der Waals surface area contributed by atoms with Crippen molar-refractivity contribution in [3.63, 3.8) is 0 Å². The SMILES string of the molecule is CCOC(=O)c1sc2ccc(Br)cc2c1N. The molecule has 2 aromatic rings. The number of carbonyl (C=O) groups excluding carboxylic acids is 1. The number of esters is 1.